The van der Waals surface area contributed by atoms with Crippen molar-refractivity contribution in [2.75, 3.05) is 45.7 Å². The fraction of sp³-hybridized carbons (Fsp3) is 1.00. The van der Waals surface area contributed by atoms with Gasteiger partial charge in [-0.25, -0.2) is 0 Å². The number of fused-ring (bicyclic) bond motifs is 1. The van der Waals surface area contributed by atoms with Crippen LogP contribution in [-0.2, 0) is 19.7 Å². The summed E-state index contributed by atoms with van der Waals surface area (Å²) >= 11 is 1.84. The van der Waals surface area contributed by atoms with Crippen LogP contribution in [-0.4, -0.2) is 80.1 Å². The molecule has 0 saturated carbocycles. The lowest BCUT2D eigenvalue weighted by Crippen LogP contribution is -2.63. The molecule has 3 fully saturated rings. The highest BCUT2D eigenvalue weighted by Crippen LogP contribution is 2.33. The summed E-state index contributed by atoms with van der Waals surface area (Å²) in [6, 6.07) is 0.0964. The van der Waals surface area contributed by atoms with E-state index in [2.05, 4.69) is 0 Å². The summed E-state index contributed by atoms with van der Waals surface area (Å²) in [5.41, 5.74) is 0. The van der Waals surface area contributed by atoms with Crippen molar-refractivity contribution < 1.29 is 17.9 Å². The molecule has 0 spiro atoms. The normalized spacial score (nSPS) is 34.8. The number of nitrogens with zero attached hydrogens (tertiary/aromatic N) is 2. The fourth-order valence-corrected chi connectivity index (χ4v) is 6.24. The first-order valence-corrected chi connectivity index (χ1v) is 9.06. The molecule has 0 aromatic rings. The molecule has 0 radical (unpaired) electrons. The van der Waals surface area contributed by atoms with Crippen molar-refractivity contribution in [1.82, 2.24) is 8.61 Å². The molecule has 3 aliphatic heterocycles. The number of hydrogen-bond donors (Lipinski definition) is 0. The van der Waals surface area contributed by atoms with Gasteiger partial charge in [0.05, 0.1) is 12.7 Å². The lowest BCUT2D eigenvalue weighted by atomic mass is 10.1. The van der Waals surface area contributed by atoms with Gasteiger partial charge in [-0.05, 0) is 6.42 Å². The van der Waals surface area contributed by atoms with Crippen LogP contribution in [0.25, 0.3) is 0 Å². The predicted octanol–water partition coefficient (Wildman–Crippen LogP) is -0.232. The van der Waals surface area contributed by atoms with Crippen LogP contribution in [0, 0.1) is 0 Å². The average Bonchev–Trinajstić information content (AvgIpc) is 2.36. The van der Waals surface area contributed by atoms with E-state index >= 15 is 0 Å². The third-order valence-electron chi connectivity index (χ3n) is 4.05. The van der Waals surface area contributed by atoms with Crippen LogP contribution in [0.5, 0.6) is 0 Å². The van der Waals surface area contributed by atoms with Gasteiger partial charge in [0.2, 0.25) is 0 Å². The van der Waals surface area contributed by atoms with Gasteiger partial charge in [0.15, 0.2) is 0 Å². The van der Waals surface area contributed by atoms with Gasteiger partial charge in [-0.2, -0.15) is 28.8 Å². The van der Waals surface area contributed by atoms with Gasteiger partial charge in [-0.1, -0.05) is 0 Å². The Hall–Kier alpha value is 0.140. The van der Waals surface area contributed by atoms with Gasteiger partial charge in [-0.3, -0.25) is 0 Å². The molecule has 110 valence electrons. The maximum Gasteiger partial charge on any atom is 0.282 e. The topological polar surface area (TPSA) is 59.1 Å². The van der Waals surface area contributed by atoms with Crippen molar-refractivity contribution in [2.45, 2.75) is 23.8 Å². The third kappa shape index (κ3) is 2.54. The number of rotatable bonds is 3. The molecule has 0 aliphatic carbocycles. The van der Waals surface area contributed by atoms with Crippen molar-refractivity contribution in [3.63, 3.8) is 0 Å². The van der Waals surface area contributed by atoms with Gasteiger partial charge < -0.3 is 9.47 Å². The number of methoxy groups -OCH3 is 1. The first-order valence-electron chi connectivity index (χ1n) is 6.62. The molecule has 2 unspecified atom stereocenters. The smallest absolute Gasteiger partial charge is 0.282 e. The van der Waals surface area contributed by atoms with Crippen molar-refractivity contribution in [3.05, 3.63) is 0 Å². The number of hydrogen-bond acceptors (Lipinski definition) is 5. The molecule has 3 saturated heterocycles. The molecule has 0 bridgehead atoms. The largest absolute Gasteiger partial charge is 0.380 e. The monoisotopic (exact) mass is 308 g/mol. The Bertz CT molecular complexity index is 422. The van der Waals surface area contributed by atoms with Crippen molar-refractivity contribution in [3.8, 4) is 0 Å². The third-order valence-corrected chi connectivity index (χ3v) is 7.35. The zero-order chi connectivity index (χ0) is 13.5. The van der Waals surface area contributed by atoms with Crippen LogP contribution in [0.3, 0.4) is 0 Å². The molecule has 0 amide bonds. The Balaban J connectivity index is 1.73. The molecule has 3 rings (SSSR count). The fourth-order valence-electron chi connectivity index (χ4n) is 2.82. The quantitative estimate of drug-likeness (QED) is 0.721. The lowest BCUT2D eigenvalue weighted by molar-refractivity contribution is 0.00635. The molecule has 0 aromatic heterocycles. The van der Waals surface area contributed by atoms with Gasteiger partial charge in [0, 0.05) is 50.4 Å². The number of ether oxygens (including phenoxy) is 2. The lowest BCUT2D eigenvalue weighted by Gasteiger charge is -2.46. The minimum absolute atomic E-state index is 0.0550. The summed E-state index contributed by atoms with van der Waals surface area (Å²) in [5, 5.41) is 0.289. The second-order valence-electron chi connectivity index (χ2n) is 5.13. The summed E-state index contributed by atoms with van der Waals surface area (Å²) in [5.74, 6) is 0.852. The molecule has 3 aliphatic rings. The highest BCUT2D eigenvalue weighted by Gasteiger charge is 2.46. The van der Waals surface area contributed by atoms with Crippen LogP contribution < -0.4 is 0 Å². The molecular weight excluding hydrogens is 288 g/mol. The van der Waals surface area contributed by atoms with Crippen molar-refractivity contribution in [1.29, 1.82) is 0 Å². The summed E-state index contributed by atoms with van der Waals surface area (Å²) in [6.07, 6.45) is 0.859. The van der Waals surface area contributed by atoms with Gasteiger partial charge in [-0.15, -0.1) is 0 Å². The first-order chi connectivity index (χ1) is 9.13. The molecule has 0 N–H and O–H groups in total. The summed E-state index contributed by atoms with van der Waals surface area (Å²) in [6.45, 7) is 2.91. The van der Waals surface area contributed by atoms with E-state index < -0.39 is 10.2 Å². The van der Waals surface area contributed by atoms with Crippen LogP contribution in [0.2, 0.25) is 0 Å². The predicted molar refractivity (Wildman–Crippen MR) is 73.5 cm³/mol. The Morgan fingerprint density at radius 1 is 1.37 bits per heavy atom. The van der Waals surface area contributed by atoms with Gasteiger partial charge in [0.1, 0.15) is 0 Å². The molecule has 3 heterocycles. The van der Waals surface area contributed by atoms with Crippen molar-refractivity contribution in [2.24, 2.45) is 0 Å². The zero-order valence-corrected chi connectivity index (χ0v) is 12.7. The SMILES string of the molecule is COC1CN(S(=O)(=O)N2CCSC3COCCC32)C1. The molecule has 19 heavy (non-hydrogen) atoms. The first kappa shape index (κ1) is 14.1. The van der Waals surface area contributed by atoms with E-state index in [-0.39, 0.29) is 17.4 Å². The molecule has 0 aromatic carbocycles. The second-order valence-corrected chi connectivity index (χ2v) is 8.36. The minimum Gasteiger partial charge on any atom is -0.380 e. The van der Waals surface area contributed by atoms with E-state index in [0.717, 1.165) is 12.2 Å². The van der Waals surface area contributed by atoms with E-state index in [4.69, 9.17) is 9.47 Å². The van der Waals surface area contributed by atoms with E-state index in [1.54, 1.807) is 11.4 Å². The van der Waals surface area contributed by atoms with Crippen molar-refractivity contribution >= 4 is 22.0 Å². The standard InChI is InChI=1S/C11H20N2O4S2/c1-16-9-6-12(7-9)19(14,15)13-3-5-18-11-8-17-4-2-10(11)13/h9-11H,2-8H2,1H3. The Labute approximate surface area is 118 Å². The zero-order valence-electron chi connectivity index (χ0n) is 11.0. The summed E-state index contributed by atoms with van der Waals surface area (Å²) in [7, 11) is -1.70. The second kappa shape index (κ2) is 5.50. The van der Waals surface area contributed by atoms with E-state index in [1.165, 1.54) is 4.31 Å². The van der Waals surface area contributed by atoms with E-state index in [1.807, 2.05) is 11.8 Å². The van der Waals surface area contributed by atoms with Crippen LogP contribution in [0.1, 0.15) is 6.42 Å². The highest BCUT2D eigenvalue weighted by atomic mass is 32.2. The minimum atomic E-state index is -3.32. The maximum atomic E-state index is 12.6. The maximum absolute atomic E-state index is 12.6. The highest BCUT2D eigenvalue weighted by molar-refractivity contribution is 8.00. The van der Waals surface area contributed by atoms with E-state index in [9.17, 15) is 8.42 Å². The van der Waals surface area contributed by atoms with E-state index in [0.29, 0.717) is 32.8 Å². The summed E-state index contributed by atoms with van der Waals surface area (Å²) in [4.78, 5) is 0. The molecular formula is C11H20N2O4S2. The van der Waals surface area contributed by atoms with Crippen LogP contribution in [0.15, 0.2) is 0 Å². The molecule has 6 nitrogen and oxygen atoms in total. The Morgan fingerprint density at radius 2 is 2.16 bits per heavy atom. The Kier molecular flexibility index (Phi) is 4.08. The number of thioether (sulfide) groups is 1. The summed E-state index contributed by atoms with van der Waals surface area (Å²) < 4.78 is 39.1. The van der Waals surface area contributed by atoms with Crippen LogP contribution in [0.4, 0.5) is 0 Å². The van der Waals surface area contributed by atoms with Gasteiger partial charge >= 0.3 is 0 Å². The average molecular weight is 308 g/mol. The van der Waals surface area contributed by atoms with Gasteiger partial charge in [0.25, 0.3) is 10.2 Å². The molecule has 8 heteroatoms. The molecule has 2 atom stereocenters. The van der Waals surface area contributed by atoms with Crippen LogP contribution >= 0.6 is 11.8 Å². The Morgan fingerprint density at radius 3 is 2.89 bits per heavy atom.